The maximum absolute atomic E-state index is 2.43. The Morgan fingerprint density at radius 2 is 0.929 bits per heavy atom. The Balaban J connectivity index is 1.07. The van der Waals surface area contributed by atoms with Crippen molar-refractivity contribution in [2.24, 2.45) is 0 Å². The van der Waals surface area contributed by atoms with Crippen molar-refractivity contribution in [3.8, 4) is 33.4 Å². The van der Waals surface area contributed by atoms with Gasteiger partial charge < -0.3 is 4.90 Å². The minimum absolute atomic E-state index is 1.10. The van der Waals surface area contributed by atoms with Crippen LogP contribution in [0.2, 0.25) is 0 Å². The molecule has 0 aliphatic heterocycles. The molecule has 0 radical (unpaired) electrons. The van der Waals surface area contributed by atoms with Crippen molar-refractivity contribution in [1.29, 1.82) is 0 Å². The fraction of sp³-hybridized carbons (Fsp3) is 0. The van der Waals surface area contributed by atoms with E-state index in [1.807, 2.05) is 11.3 Å². The number of anilines is 3. The summed E-state index contributed by atoms with van der Waals surface area (Å²) in [4.78, 5) is 2.43. The topological polar surface area (TPSA) is 3.24 Å². The zero-order chi connectivity index (χ0) is 37.0. The molecule has 0 aliphatic carbocycles. The molecular weight excluding hydrogens is 695 g/mol. The summed E-state index contributed by atoms with van der Waals surface area (Å²) in [6.07, 6.45) is 0. The molecule has 11 aromatic rings. The zero-order valence-electron chi connectivity index (χ0n) is 30.6. The number of nitrogens with zero attached hydrogens (tertiary/aromatic N) is 1. The standard InChI is InChI=1S/C54H35NS/c1-2-13-38-32-42(25-24-36(38)12-1)46-18-7-9-22-52(46)55(43-29-26-37(27-30-43)39-28-31-50-49-21-8-10-23-53(49)56-54(50)35-39)44-16-11-15-40(33-44)51-34-41-14-3-4-17-45(41)47-19-5-6-20-48(47)51/h1-35H. The van der Waals surface area contributed by atoms with Crippen LogP contribution >= 0.6 is 11.3 Å². The summed E-state index contributed by atoms with van der Waals surface area (Å²) in [6, 6.07) is 77.8. The van der Waals surface area contributed by atoms with Crippen LogP contribution < -0.4 is 4.90 Å². The van der Waals surface area contributed by atoms with Gasteiger partial charge in [-0.2, -0.15) is 0 Å². The van der Waals surface area contributed by atoms with E-state index >= 15 is 0 Å². The molecule has 0 fully saturated rings. The van der Waals surface area contributed by atoms with Crippen LogP contribution in [0.25, 0.3) is 85.9 Å². The van der Waals surface area contributed by atoms with Crippen molar-refractivity contribution < 1.29 is 0 Å². The van der Waals surface area contributed by atoms with E-state index in [0.29, 0.717) is 0 Å². The van der Waals surface area contributed by atoms with E-state index in [0.717, 1.165) is 17.1 Å². The summed E-state index contributed by atoms with van der Waals surface area (Å²) in [5, 5.41) is 10.2. The molecule has 1 heterocycles. The minimum Gasteiger partial charge on any atom is -0.310 e. The van der Waals surface area contributed by atoms with Gasteiger partial charge in [0.2, 0.25) is 0 Å². The van der Waals surface area contributed by atoms with Crippen LogP contribution in [0.3, 0.4) is 0 Å². The predicted octanol–water partition coefficient (Wildman–Crippen LogP) is 16.0. The lowest BCUT2D eigenvalue weighted by Crippen LogP contribution is -2.11. The fourth-order valence-electron chi connectivity index (χ4n) is 8.51. The third-order valence-corrected chi connectivity index (χ3v) is 12.4. The minimum atomic E-state index is 1.10. The SMILES string of the molecule is c1cc(-c2cc3ccccc3c3ccccc23)cc(N(c2ccc(-c3ccc4c(c3)sc3ccccc34)cc2)c2ccccc2-c2ccc3ccccc3c2)c1. The molecule has 10 aromatic carbocycles. The first-order valence-electron chi connectivity index (χ1n) is 19.2. The number of fused-ring (bicyclic) bond motifs is 7. The second-order valence-electron chi connectivity index (χ2n) is 14.5. The highest BCUT2D eigenvalue weighted by atomic mass is 32.1. The van der Waals surface area contributed by atoms with Gasteiger partial charge in [0.05, 0.1) is 5.69 Å². The number of para-hydroxylation sites is 1. The van der Waals surface area contributed by atoms with Crippen LogP contribution in [0.15, 0.2) is 212 Å². The second kappa shape index (κ2) is 13.4. The lowest BCUT2D eigenvalue weighted by Gasteiger charge is -2.28. The molecule has 0 spiro atoms. The van der Waals surface area contributed by atoms with Crippen LogP contribution in [0.5, 0.6) is 0 Å². The smallest absolute Gasteiger partial charge is 0.0540 e. The van der Waals surface area contributed by atoms with Gasteiger partial charge in [0.1, 0.15) is 0 Å². The van der Waals surface area contributed by atoms with Crippen molar-refractivity contribution >= 4 is 80.9 Å². The van der Waals surface area contributed by atoms with Crippen LogP contribution in [-0.4, -0.2) is 0 Å². The highest BCUT2D eigenvalue weighted by molar-refractivity contribution is 7.25. The first-order valence-corrected chi connectivity index (χ1v) is 20.0. The second-order valence-corrected chi connectivity index (χ2v) is 15.6. The van der Waals surface area contributed by atoms with E-state index in [9.17, 15) is 0 Å². The summed E-state index contributed by atoms with van der Waals surface area (Å²) in [7, 11) is 0. The summed E-state index contributed by atoms with van der Waals surface area (Å²) in [5.74, 6) is 0. The van der Waals surface area contributed by atoms with E-state index in [4.69, 9.17) is 0 Å². The Bertz CT molecular complexity index is 3260. The molecule has 0 saturated heterocycles. The fourth-order valence-corrected chi connectivity index (χ4v) is 9.66. The molecule has 262 valence electrons. The molecule has 0 amide bonds. The molecule has 0 aliphatic rings. The van der Waals surface area contributed by atoms with Crippen molar-refractivity contribution in [3.05, 3.63) is 212 Å². The monoisotopic (exact) mass is 729 g/mol. The van der Waals surface area contributed by atoms with Crippen molar-refractivity contribution in [2.45, 2.75) is 0 Å². The summed E-state index contributed by atoms with van der Waals surface area (Å²) in [6.45, 7) is 0. The molecule has 2 heteroatoms. The van der Waals surface area contributed by atoms with Gasteiger partial charge in [-0.15, -0.1) is 11.3 Å². The number of hydrogen-bond donors (Lipinski definition) is 0. The maximum Gasteiger partial charge on any atom is 0.0540 e. The molecule has 0 atom stereocenters. The van der Waals surface area contributed by atoms with Gasteiger partial charge in [-0.25, -0.2) is 0 Å². The van der Waals surface area contributed by atoms with E-state index in [1.165, 1.54) is 85.9 Å². The zero-order valence-corrected chi connectivity index (χ0v) is 31.4. The van der Waals surface area contributed by atoms with Gasteiger partial charge in [0.25, 0.3) is 0 Å². The van der Waals surface area contributed by atoms with Crippen molar-refractivity contribution in [3.63, 3.8) is 0 Å². The Labute approximate surface area is 330 Å². The Morgan fingerprint density at radius 1 is 0.286 bits per heavy atom. The predicted molar refractivity (Wildman–Crippen MR) is 243 cm³/mol. The Morgan fingerprint density at radius 3 is 1.80 bits per heavy atom. The molecule has 1 aromatic heterocycles. The Hall–Kier alpha value is -7.00. The normalized spacial score (nSPS) is 11.6. The van der Waals surface area contributed by atoms with Crippen LogP contribution in [0.4, 0.5) is 17.1 Å². The van der Waals surface area contributed by atoms with E-state index in [2.05, 4.69) is 217 Å². The molecule has 56 heavy (non-hydrogen) atoms. The maximum atomic E-state index is 2.43. The molecule has 0 saturated carbocycles. The lowest BCUT2D eigenvalue weighted by atomic mass is 9.93. The molecule has 0 bridgehead atoms. The van der Waals surface area contributed by atoms with E-state index in [-0.39, 0.29) is 0 Å². The largest absolute Gasteiger partial charge is 0.310 e. The molecule has 0 N–H and O–H groups in total. The van der Waals surface area contributed by atoms with Crippen LogP contribution in [-0.2, 0) is 0 Å². The highest BCUT2D eigenvalue weighted by Gasteiger charge is 2.19. The number of benzene rings is 10. The first kappa shape index (κ1) is 32.4. The Kier molecular flexibility index (Phi) is 7.75. The summed E-state index contributed by atoms with van der Waals surface area (Å²) < 4.78 is 2.64. The molecule has 1 nitrogen and oxygen atoms in total. The van der Waals surface area contributed by atoms with Gasteiger partial charge in [-0.3, -0.25) is 0 Å². The third kappa shape index (κ3) is 5.54. The summed E-state index contributed by atoms with van der Waals surface area (Å²) in [5.41, 5.74) is 10.5. The van der Waals surface area contributed by atoms with Crippen molar-refractivity contribution in [1.82, 2.24) is 0 Å². The van der Waals surface area contributed by atoms with E-state index in [1.54, 1.807) is 0 Å². The molecule has 11 rings (SSSR count). The first-order chi connectivity index (χ1) is 27.7. The number of hydrogen-bond acceptors (Lipinski definition) is 2. The highest BCUT2D eigenvalue weighted by Crippen LogP contribution is 2.44. The summed E-state index contributed by atoms with van der Waals surface area (Å²) >= 11 is 1.87. The molecule has 0 unspecified atom stereocenters. The molecular formula is C54H35NS. The van der Waals surface area contributed by atoms with Gasteiger partial charge in [-0.1, -0.05) is 158 Å². The average Bonchev–Trinajstić information content (AvgIpc) is 3.65. The van der Waals surface area contributed by atoms with Crippen LogP contribution in [0.1, 0.15) is 0 Å². The van der Waals surface area contributed by atoms with Gasteiger partial charge in [0.15, 0.2) is 0 Å². The van der Waals surface area contributed by atoms with E-state index < -0.39 is 0 Å². The quantitative estimate of drug-likeness (QED) is 0.154. The average molecular weight is 730 g/mol. The van der Waals surface area contributed by atoms with Gasteiger partial charge in [-0.05, 0) is 115 Å². The van der Waals surface area contributed by atoms with Crippen LogP contribution in [0, 0.1) is 0 Å². The third-order valence-electron chi connectivity index (χ3n) is 11.2. The van der Waals surface area contributed by atoms with Gasteiger partial charge in [0, 0.05) is 37.1 Å². The lowest BCUT2D eigenvalue weighted by molar-refractivity contribution is 1.28. The van der Waals surface area contributed by atoms with Gasteiger partial charge >= 0.3 is 0 Å². The van der Waals surface area contributed by atoms with Crippen molar-refractivity contribution in [2.75, 3.05) is 4.90 Å². The number of rotatable bonds is 6. The number of thiophene rings is 1.